The number of aliphatic hydroxyl groups excluding tert-OH is 1. The Kier molecular flexibility index (Phi) is 6.28. The fraction of sp³-hybridized carbons (Fsp3) is 0.833. The quantitative estimate of drug-likeness (QED) is 0.574. The van der Waals surface area contributed by atoms with Crippen LogP contribution in [0.4, 0.5) is 0 Å². The summed E-state index contributed by atoms with van der Waals surface area (Å²) in [5, 5.41) is 28.5. The minimum Gasteiger partial charge on any atom is -0.479 e. The van der Waals surface area contributed by atoms with Crippen molar-refractivity contribution in [2.24, 2.45) is 11.8 Å². The van der Waals surface area contributed by atoms with Crippen LogP contribution in [0.1, 0.15) is 34.1 Å². The highest BCUT2D eigenvalue weighted by molar-refractivity contribution is 5.88. The highest BCUT2D eigenvalue weighted by atomic mass is 16.6. The molecular formula is C12H22O6. The molecule has 0 amide bonds. The molecule has 0 heterocycles. The lowest BCUT2D eigenvalue weighted by Crippen LogP contribution is -2.55. The molecule has 3 unspecified atom stereocenters. The van der Waals surface area contributed by atoms with E-state index in [0.717, 1.165) is 0 Å². The number of rotatable bonds is 7. The molecule has 3 atom stereocenters. The van der Waals surface area contributed by atoms with Crippen molar-refractivity contribution in [3.8, 4) is 0 Å². The Hall–Kier alpha value is -1.14. The van der Waals surface area contributed by atoms with E-state index in [4.69, 9.17) is 5.11 Å². The lowest BCUT2D eigenvalue weighted by molar-refractivity contribution is -0.190. The first kappa shape index (κ1) is 16.9. The van der Waals surface area contributed by atoms with Gasteiger partial charge in [0, 0.05) is 0 Å². The van der Waals surface area contributed by atoms with Crippen LogP contribution in [0, 0.1) is 11.8 Å². The number of aliphatic hydroxyl groups is 2. The zero-order valence-corrected chi connectivity index (χ0v) is 11.2. The number of carboxylic acid groups (broad SMARTS) is 1. The second-order valence-electron chi connectivity index (χ2n) is 4.81. The van der Waals surface area contributed by atoms with Crippen LogP contribution in [0.5, 0.6) is 0 Å². The zero-order valence-electron chi connectivity index (χ0n) is 11.2. The number of hydrogen-bond donors (Lipinski definition) is 3. The number of carbonyl (C=O) groups excluding carboxylic acids is 1. The van der Waals surface area contributed by atoms with Crippen LogP contribution in [0.3, 0.4) is 0 Å². The van der Waals surface area contributed by atoms with Gasteiger partial charge in [0.1, 0.15) is 0 Å². The summed E-state index contributed by atoms with van der Waals surface area (Å²) < 4.78 is 4.65. The third kappa shape index (κ3) is 3.96. The minimum absolute atomic E-state index is 0.00351. The monoisotopic (exact) mass is 262 g/mol. The van der Waals surface area contributed by atoms with Gasteiger partial charge in [0.2, 0.25) is 0 Å². The lowest BCUT2D eigenvalue weighted by Gasteiger charge is -2.31. The van der Waals surface area contributed by atoms with Gasteiger partial charge in [0.15, 0.2) is 11.7 Å². The SMILES string of the molecule is CCOC(=O)C(O)(CC(C)C(C)C)C(O)C(=O)O. The van der Waals surface area contributed by atoms with Crippen molar-refractivity contribution in [3.05, 3.63) is 0 Å². The maximum absolute atomic E-state index is 11.7. The van der Waals surface area contributed by atoms with E-state index in [1.807, 2.05) is 13.8 Å². The van der Waals surface area contributed by atoms with E-state index in [1.165, 1.54) is 6.92 Å². The number of aliphatic carboxylic acids is 1. The molecule has 6 heteroatoms. The summed E-state index contributed by atoms with van der Waals surface area (Å²) >= 11 is 0. The summed E-state index contributed by atoms with van der Waals surface area (Å²) in [6.07, 6.45) is -2.37. The first-order valence-electron chi connectivity index (χ1n) is 5.97. The van der Waals surface area contributed by atoms with Crippen LogP contribution >= 0.6 is 0 Å². The van der Waals surface area contributed by atoms with Gasteiger partial charge in [-0.05, 0) is 25.2 Å². The van der Waals surface area contributed by atoms with Crippen molar-refractivity contribution >= 4 is 11.9 Å². The van der Waals surface area contributed by atoms with Gasteiger partial charge in [-0.2, -0.15) is 0 Å². The second-order valence-corrected chi connectivity index (χ2v) is 4.81. The molecule has 0 aromatic rings. The van der Waals surface area contributed by atoms with Crippen molar-refractivity contribution in [1.82, 2.24) is 0 Å². The van der Waals surface area contributed by atoms with Gasteiger partial charge in [0.25, 0.3) is 0 Å². The van der Waals surface area contributed by atoms with Gasteiger partial charge >= 0.3 is 11.9 Å². The number of carbonyl (C=O) groups is 2. The van der Waals surface area contributed by atoms with Crippen LogP contribution in [-0.2, 0) is 14.3 Å². The molecule has 0 rings (SSSR count). The molecule has 0 bridgehead atoms. The van der Waals surface area contributed by atoms with Gasteiger partial charge in [-0.3, -0.25) is 0 Å². The Morgan fingerprint density at radius 3 is 2.11 bits per heavy atom. The van der Waals surface area contributed by atoms with Crippen LogP contribution in [0.2, 0.25) is 0 Å². The Balaban J connectivity index is 5.15. The Bertz CT molecular complexity index is 301. The van der Waals surface area contributed by atoms with E-state index < -0.39 is 23.6 Å². The fourth-order valence-electron chi connectivity index (χ4n) is 1.49. The largest absolute Gasteiger partial charge is 0.479 e. The summed E-state index contributed by atoms with van der Waals surface area (Å²) in [7, 11) is 0. The van der Waals surface area contributed by atoms with E-state index in [2.05, 4.69) is 4.74 Å². The predicted molar refractivity (Wildman–Crippen MR) is 63.8 cm³/mol. The highest BCUT2D eigenvalue weighted by Gasteiger charge is 2.49. The summed E-state index contributed by atoms with van der Waals surface area (Å²) in [6, 6.07) is 0. The van der Waals surface area contributed by atoms with Gasteiger partial charge in [-0.15, -0.1) is 0 Å². The molecule has 0 aliphatic heterocycles. The van der Waals surface area contributed by atoms with Crippen molar-refractivity contribution in [2.45, 2.75) is 45.8 Å². The smallest absolute Gasteiger partial charge is 0.341 e. The topological polar surface area (TPSA) is 104 Å². The fourth-order valence-corrected chi connectivity index (χ4v) is 1.49. The molecule has 0 aliphatic carbocycles. The normalized spacial score (nSPS) is 17.9. The summed E-state index contributed by atoms with van der Waals surface area (Å²) in [4.78, 5) is 22.5. The number of hydrogen-bond acceptors (Lipinski definition) is 5. The molecule has 0 saturated heterocycles. The molecule has 0 aromatic carbocycles. The van der Waals surface area contributed by atoms with Gasteiger partial charge in [0.05, 0.1) is 6.61 Å². The van der Waals surface area contributed by atoms with Crippen LogP contribution in [-0.4, -0.2) is 45.6 Å². The molecule has 0 spiro atoms. The maximum atomic E-state index is 11.7. The molecule has 18 heavy (non-hydrogen) atoms. The van der Waals surface area contributed by atoms with Gasteiger partial charge < -0.3 is 20.1 Å². The molecule has 0 radical (unpaired) electrons. The number of esters is 1. The molecule has 0 aromatic heterocycles. The van der Waals surface area contributed by atoms with Crippen molar-refractivity contribution in [2.75, 3.05) is 6.61 Å². The molecule has 106 valence electrons. The third-order valence-electron chi connectivity index (χ3n) is 3.09. The maximum Gasteiger partial charge on any atom is 0.341 e. The Labute approximate surface area is 107 Å². The molecule has 0 aliphatic rings. The van der Waals surface area contributed by atoms with Crippen molar-refractivity contribution in [3.63, 3.8) is 0 Å². The van der Waals surface area contributed by atoms with Gasteiger partial charge in [-0.1, -0.05) is 20.8 Å². The van der Waals surface area contributed by atoms with E-state index in [1.54, 1.807) is 6.92 Å². The van der Waals surface area contributed by atoms with E-state index in [9.17, 15) is 19.8 Å². The van der Waals surface area contributed by atoms with Gasteiger partial charge in [-0.25, -0.2) is 9.59 Å². The summed E-state index contributed by atoms with van der Waals surface area (Å²) in [5.41, 5.74) is -2.41. The molecular weight excluding hydrogens is 240 g/mol. The number of carboxylic acids is 1. The Morgan fingerprint density at radius 2 is 1.78 bits per heavy atom. The zero-order chi connectivity index (χ0) is 14.5. The molecule has 0 saturated carbocycles. The van der Waals surface area contributed by atoms with Crippen molar-refractivity contribution < 1.29 is 29.6 Å². The van der Waals surface area contributed by atoms with E-state index in [0.29, 0.717) is 0 Å². The molecule has 0 fully saturated rings. The first-order valence-corrected chi connectivity index (χ1v) is 5.97. The molecule has 6 nitrogen and oxygen atoms in total. The minimum atomic E-state index is -2.41. The Morgan fingerprint density at radius 1 is 1.28 bits per heavy atom. The predicted octanol–water partition coefficient (Wildman–Crippen LogP) is 0.408. The average molecular weight is 262 g/mol. The average Bonchev–Trinajstić information content (AvgIpc) is 2.27. The van der Waals surface area contributed by atoms with Crippen LogP contribution < -0.4 is 0 Å². The highest BCUT2D eigenvalue weighted by Crippen LogP contribution is 2.27. The second kappa shape index (κ2) is 6.70. The van der Waals surface area contributed by atoms with Crippen LogP contribution in [0.25, 0.3) is 0 Å². The third-order valence-corrected chi connectivity index (χ3v) is 3.09. The van der Waals surface area contributed by atoms with E-state index in [-0.39, 0.29) is 24.9 Å². The molecule has 3 N–H and O–H groups in total. The summed E-state index contributed by atoms with van der Waals surface area (Å²) in [6.45, 7) is 7.07. The van der Waals surface area contributed by atoms with E-state index >= 15 is 0 Å². The number of ether oxygens (including phenoxy) is 1. The van der Waals surface area contributed by atoms with Crippen LogP contribution in [0.15, 0.2) is 0 Å². The first-order chi connectivity index (χ1) is 8.16. The van der Waals surface area contributed by atoms with Crippen molar-refractivity contribution in [1.29, 1.82) is 0 Å². The standard InChI is InChI=1S/C12H22O6/c1-5-18-11(16)12(17,9(13)10(14)15)6-8(4)7(2)3/h7-9,13,17H,5-6H2,1-4H3,(H,14,15). The summed E-state index contributed by atoms with van der Waals surface area (Å²) in [5.74, 6) is -2.77. The lowest BCUT2D eigenvalue weighted by atomic mass is 9.82.